The Morgan fingerprint density at radius 2 is 1.55 bits per heavy atom. The highest BCUT2D eigenvalue weighted by Crippen LogP contribution is 2.03. The molecular formula is C15H30N4O10. The number of carboxylic acids is 2. The molecule has 0 aromatic rings. The summed E-state index contributed by atoms with van der Waals surface area (Å²) in [6.07, 6.45) is -4.49. The van der Waals surface area contributed by atoms with Gasteiger partial charge in [-0.2, -0.15) is 0 Å². The van der Waals surface area contributed by atoms with Crippen LogP contribution in [0.2, 0.25) is 0 Å². The first-order chi connectivity index (χ1) is 13.4. The first-order valence-corrected chi connectivity index (χ1v) is 8.51. The highest BCUT2D eigenvalue weighted by molar-refractivity contribution is 5.76. The number of aliphatic hydroxyl groups is 4. The molecule has 29 heavy (non-hydrogen) atoms. The van der Waals surface area contributed by atoms with Crippen LogP contribution in [0.1, 0.15) is 25.7 Å². The summed E-state index contributed by atoms with van der Waals surface area (Å²) in [5.74, 6) is -3.09. The van der Waals surface area contributed by atoms with Crippen molar-refractivity contribution in [2.24, 2.45) is 11.5 Å². The molecule has 170 valence electrons. The van der Waals surface area contributed by atoms with E-state index < -0.39 is 55.5 Å². The van der Waals surface area contributed by atoms with Gasteiger partial charge in [0, 0.05) is 6.54 Å². The van der Waals surface area contributed by atoms with Gasteiger partial charge < -0.3 is 52.2 Å². The lowest BCUT2D eigenvalue weighted by Crippen LogP contribution is -2.43. The molecule has 0 saturated carbocycles. The van der Waals surface area contributed by atoms with Crippen LogP contribution in [0.25, 0.3) is 0 Å². The topological polar surface area (TPSA) is 270 Å². The van der Waals surface area contributed by atoms with E-state index in [1.54, 1.807) is 0 Å². The summed E-state index contributed by atoms with van der Waals surface area (Å²) >= 11 is 0. The molecule has 0 aromatic heterocycles. The number of carboxylic acid groups (broad SMARTS) is 2. The molecule has 4 atom stereocenters. The van der Waals surface area contributed by atoms with Crippen LogP contribution in [0.3, 0.4) is 0 Å². The largest absolute Gasteiger partial charge is 0.481 e. The zero-order valence-electron chi connectivity index (χ0n) is 15.7. The van der Waals surface area contributed by atoms with E-state index in [9.17, 15) is 24.6 Å². The summed E-state index contributed by atoms with van der Waals surface area (Å²) in [5.41, 5.74) is 10.6. The minimum absolute atomic E-state index is 0.175. The van der Waals surface area contributed by atoms with Crippen molar-refractivity contribution in [2.45, 2.75) is 50.0 Å². The second-order valence-electron chi connectivity index (χ2n) is 5.81. The standard InChI is InChI=1S/C11H24N4O6.C4H6O4/c12-6(2-1-3-15-11(13)14)10(20)21-5-8(18)9(19)7(17)4-16;5-3(6)1-2-4(7)8/h6-9,16-19H,1-5,12H2,(H4,13,14,15);1-2H2,(H,5,6)(H,7,8)/t6-,7+,8-,9-;/m0./s1. The van der Waals surface area contributed by atoms with Gasteiger partial charge in [-0.05, 0) is 12.8 Å². The van der Waals surface area contributed by atoms with Crippen LogP contribution in [-0.2, 0) is 19.1 Å². The van der Waals surface area contributed by atoms with E-state index in [0.29, 0.717) is 13.0 Å². The number of esters is 1. The van der Waals surface area contributed by atoms with E-state index in [4.69, 9.17) is 42.0 Å². The predicted molar refractivity (Wildman–Crippen MR) is 97.7 cm³/mol. The van der Waals surface area contributed by atoms with Gasteiger partial charge in [-0.15, -0.1) is 0 Å². The van der Waals surface area contributed by atoms with Gasteiger partial charge in [-0.3, -0.25) is 19.8 Å². The summed E-state index contributed by atoms with van der Waals surface area (Å²) in [6, 6.07) is -0.911. The number of aliphatic carboxylic acids is 2. The smallest absolute Gasteiger partial charge is 0.323 e. The van der Waals surface area contributed by atoms with Gasteiger partial charge in [0.15, 0.2) is 5.96 Å². The van der Waals surface area contributed by atoms with E-state index >= 15 is 0 Å². The number of carbonyl (C=O) groups excluding carboxylic acids is 1. The second kappa shape index (κ2) is 16.4. The average Bonchev–Trinajstić information content (AvgIpc) is 2.66. The molecule has 0 aliphatic carbocycles. The van der Waals surface area contributed by atoms with Crippen molar-refractivity contribution in [3.63, 3.8) is 0 Å². The van der Waals surface area contributed by atoms with Gasteiger partial charge in [0.2, 0.25) is 0 Å². The minimum atomic E-state index is -1.63. The molecular weight excluding hydrogens is 396 g/mol. The molecule has 0 rings (SSSR count). The minimum Gasteiger partial charge on any atom is -0.481 e. The number of hydrogen-bond donors (Lipinski definition) is 10. The molecule has 0 amide bonds. The van der Waals surface area contributed by atoms with E-state index in [0.717, 1.165) is 0 Å². The Labute approximate surface area is 166 Å². The average molecular weight is 426 g/mol. The molecule has 12 N–H and O–H groups in total. The molecule has 0 saturated heterocycles. The third-order valence-electron chi connectivity index (χ3n) is 3.23. The number of ether oxygens (including phenoxy) is 1. The monoisotopic (exact) mass is 426 g/mol. The summed E-state index contributed by atoms with van der Waals surface area (Å²) in [5, 5.41) is 61.8. The van der Waals surface area contributed by atoms with Crippen LogP contribution in [0, 0.1) is 5.41 Å². The van der Waals surface area contributed by atoms with Gasteiger partial charge in [0.25, 0.3) is 0 Å². The second-order valence-corrected chi connectivity index (χ2v) is 5.81. The molecule has 14 nitrogen and oxygen atoms in total. The number of nitrogens with two attached hydrogens (primary N) is 2. The maximum atomic E-state index is 11.5. The van der Waals surface area contributed by atoms with Gasteiger partial charge in [-0.25, -0.2) is 0 Å². The number of carbonyl (C=O) groups is 3. The fourth-order valence-corrected chi connectivity index (χ4v) is 1.61. The van der Waals surface area contributed by atoms with Crippen LogP contribution in [0.15, 0.2) is 0 Å². The Morgan fingerprint density at radius 3 is 1.97 bits per heavy atom. The highest BCUT2D eigenvalue weighted by Gasteiger charge is 2.26. The molecule has 0 radical (unpaired) electrons. The molecule has 0 aliphatic heterocycles. The summed E-state index contributed by atoms with van der Waals surface area (Å²) < 4.78 is 4.71. The zero-order chi connectivity index (χ0) is 23.0. The quantitative estimate of drug-likeness (QED) is 0.0585. The van der Waals surface area contributed by atoms with E-state index in [2.05, 4.69) is 5.32 Å². The molecule has 0 aromatic carbocycles. The van der Waals surface area contributed by atoms with Crippen LogP contribution < -0.4 is 16.8 Å². The molecule has 14 heteroatoms. The zero-order valence-corrected chi connectivity index (χ0v) is 15.7. The van der Waals surface area contributed by atoms with Crippen molar-refractivity contribution in [2.75, 3.05) is 19.8 Å². The Morgan fingerprint density at radius 1 is 1.03 bits per heavy atom. The van der Waals surface area contributed by atoms with Gasteiger partial charge >= 0.3 is 17.9 Å². The fraction of sp³-hybridized carbons (Fsp3) is 0.733. The van der Waals surface area contributed by atoms with Gasteiger partial charge in [-0.1, -0.05) is 0 Å². The molecule has 0 fully saturated rings. The van der Waals surface area contributed by atoms with Gasteiger partial charge in [0.05, 0.1) is 19.4 Å². The van der Waals surface area contributed by atoms with Crippen molar-refractivity contribution in [1.82, 2.24) is 5.32 Å². The molecule has 0 aliphatic rings. The molecule has 0 spiro atoms. The first-order valence-electron chi connectivity index (χ1n) is 8.51. The fourth-order valence-electron chi connectivity index (χ4n) is 1.61. The third kappa shape index (κ3) is 17.3. The van der Waals surface area contributed by atoms with Crippen LogP contribution in [-0.4, -0.2) is 98.6 Å². The van der Waals surface area contributed by atoms with E-state index in [-0.39, 0.29) is 25.2 Å². The van der Waals surface area contributed by atoms with Crippen molar-refractivity contribution >= 4 is 23.9 Å². The van der Waals surface area contributed by atoms with Gasteiger partial charge in [0.1, 0.15) is 31.0 Å². The molecule has 0 heterocycles. The Bertz CT molecular complexity index is 505. The van der Waals surface area contributed by atoms with Crippen LogP contribution in [0.4, 0.5) is 0 Å². The number of guanidine groups is 1. The Kier molecular flexibility index (Phi) is 16.3. The highest BCUT2D eigenvalue weighted by atomic mass is 16.5. The van der Waals surface area contributed by atoms with Crippen molar-refractivity contribution in [3.8, 4) is 0 Å². The SMILES string of the molecule is N=C(N)NCCC[C@H](N)C(=O)OC[C@H](O)[C@@H](O)[C@H](O)CO.O=C(O)CCC(=O)O. The normalized spacial score (nSPS) is 14.4. The first kappa shape index (κ1) is 28.7. The van der Waals surface area contributed by atoms with E-state index in [1.807, 2.05) is 0 Å². The van der Waals surface area contributed by atoms with Crippen molar-refractivity contribution in [1.29, 1.82) is 5.41 Å². The number of hydrogen-bond acceptors (Lipinski definition) is 10. The summed E-state index contributed by atoms with van der Waals surface area (Å²) in [6.45, 7) is -0.883. The number of aliphatic hydroxyl groups excluding tert-OH is 4. The molecule has 0 unspecified atom stereocenters. The molecule has 0 bridgehead atoms. The summed E-state index contributed by atoms with van der Waals surface area (Å²) in [4.78, 5) is 30.8. The number of rotatable bonds is 13. The lowest BCUT2D eigenvalue weighted by molar-refractivity contribution is -0.154. The predicted octanol–water partition coefficient (Wildman–Crippen LogP) is -3.87. The van der Waals surface area contributed by atoms with E-state index in [1.165, 1.54) is 0 Å². The maximum absolute atomic E-state index is 11.5. The van der Waals surface area contributed by atoms with Crippen molar-refractivity contribution in [3.05, 3.63) is 0 Å². The lowest BCUT2D eigenvalue weighted by atomic mass is 10.1. The summed E-state index contributed by atoms with van der Waals surface area (Å²) in [7, 11) is 0. The maximum Gasteiger partial charge on any atom is 0.323 e. The Hall–Kier alpha value is -2.52. The van der Waals surface area contributed by atoms with Crippen LogP contribution in [0.5, 0.6) is 0 Å². The lowest BCUT2D eigenvalue weighted by Gasteiger charge is -2.21. The Balaban J connectivity index is 0. The van der Waals surface area contributed by atoms with Crippen molar-refractivity contribution < 1.29 is 49.8 Å². The third-order valence-corrected chi connectivity index (χ3v) is 3.23. The number of nitrogens with one attached hydrogen (secondary N) is 2. The van der Waals surface area contributed by atoms with Crippen LogP contribution >= 0.6 is 0 Å².